The van der Waals surface area contributed by atoms with Crippen molar-refractivity contribution < 1.29 is 4.39 Å². The lowest BCUT2D eigenvalue weighted by atomic mass is 10.0. The van der Waals surface area contributed by atoms with Gasteiger partial charge in [0.15, 0.2) is 0 Å². The molecule has 0 aromatic heterocycles. The van der Waals surface area contributed by atoms with Gasteiger partial charge in [0, 0.05) is 8.59 Å². The van der Waals surface area contributed by atoms with Gasteiger partial charge in [-0.1, -0.05) is 29.8 Å². The third-order valence-electron chi connectivity index (χ3n) is 3.05. The van der Waals surface area contributed by atoms with Crippen LogP contribution in [0.3, 0.4) is 0 Å². The fourth-order valence-electron chi connectivity index (χ4n) is 1.91. The molecule has 0 nitrogen and oxygen atoms in total. The Morgan fingerprint density at radius 1 is 1.11 bits per heavy atom. The molecule has 0 spiro atoms. The molecule has 0 heterocycles. The van der Waals surface area contributed by atoms with E-state index in [1.165, 1.54) is 11.6 Å². The number of benzene rings is 2. The van der Waals surface area contributed by atoms with Crippen LogP contribution < -0.4 is 0 Å². The molecule has 1 atom stereocenters. The Morgan fingerprint density at radius 3 is 2.47 bits per heavy atom. The van der Waals surface area contributed by atoms with Crippen LogP contribution in [0.2, 0.25) is 5.02 Å². The molecular weight excluding hydrogens is 397 g/mol. The summed E-state index contributed by atoms with van der Waals surface area (Å²) in [7, 11) is 0. The highest BCUT2D eigenvalue weighted by atomic mass is 127. The van der Waals surface area contributed by atoms with Gasteiger partial charge < -0.3 is 0 Å². The highest BCUT2D eigenvalue weighted by Crippen LogP contribution is 2.37. The Kier molecular flexibility index (Phi) is 4.75. The van der Waals surface area contributed by atoms with Crippen molar-refractivity contribution in [1.82, 2.24) is 0 Å². The van der Waals surface area contributed by atoms with Gasteiger partial charge in [0.05, 0.1) is 5.38 Å². The Labute approximate surface area is 136 Å². The van der Waals surface area contributed by atoms with Crippen LogP contribution >= 0.6 is 45.8 Å². The zero-order valence-corrected chi connectivity index (χ0v) is 14.1. The fraction of sp³-hybridized carbons (Fsp3) is 0.200. The Hall–Kier alpha value is -0.320. The molecule has 0 fully saturated rings. The van der Waals surface area contributed by atoms with Crippen molar-refractivity contribution in [1.29, 1.82) is 0 Å². The standard InChI is InChI=1S/C15H12Cl2FI/c1-8-4-3-5-10(15(8)19)14(17)11-6-9(2)13(18)7-12(11)16/h3-7,14H,1-2H3. The minimum atomic E-state index is -0.376. The first-order valence-corrected chi connectivity index (χ1v) is 7.65. The second kappa shape index (κ2) is 5.98. The molecule has 0 bridgehead atoms. The number of rotatable bonds is 2. The topological polar surface area (TPSA) is 0 Å². The molecule has 1 unspecified atom stereocenters. The van der Waals surface area contributed by atoms with E-state index in [0.29, 0.717) is 10.6 Å². The summed E-state index contributed by atoms with van der Waals surface area (Å²) < 4.78 is 14.5. The van der Waals surface area contributed by atoms with Crippen LogP contribution in [0.15, 0.2) is 30.3 Å². The molecular formula is C15H12Cl2FI. The highest BCUT2D eigenvalue weighted by Gasteiger charge is 2.19. The van der Waals surface area contributed by atoms with Gasteiger partial charge in [0.1, 0.15) is 5.82 Å². The maximum atomic E-state index is 13.4. The van der Waals surface area contributed by atoms with Crippen molar-refractivity contribution in [2.75, 3.05) is 0 Å². The SMILES string of the molecule is Cc1cc(C(Cl)c2cccc(C)c2I)c(Cl)cc1F. The molecule has 0 amide bonds. The Balaban J connectivity index is 2.53. The van der Waals surface area contributed by atoms with E-state index in [2.05, 4.69) is 22.6 Å². The van der Waals surface area contributed by atoms with E-state index >= 15 is 0 Å². The van der Waals surface area contributed by atoms with Gasteiger partial charge in [0.2, 0.25) is 0 Å². The summed E-state index contributed by atoms with van der Waals surface area (Å²) >= 11 is 14.9. The predicted molar refractivity (Wildman–Crippen MR) is 87.7 cm³/mol. The summed E-state index contributed by atoms with van der Waals surface area (Å²) in [5, 5.41) is -0.0148. The van der Waals surface area contributed by atoms with Crippen LogP contribution in [0.5, 0.6) is 0 Å². The first kappa shape index (κ1) is 15.1. The minimum Gasteiger partial charge on any atom is -0.207 e. The zero-order valence-electron chi connectivity index (χ0n) is 10.5. The lowest BCUT2D eigenvalue weighted by Crippen LogP contribution is -2.00. The van der Waals surface area contributed by atoms with E-state index in [0.717, 1.165) is 14.7 Å². The molecule has 0 saturated carbocycles. The average Bonchev–Trinajstić information content (AvgIpc) is 2.36. The van der Waals surface area contributed by atoms with Crippen LogP contribution in [0, 0.1) is 23.2 Å². The number of hydrogen-bond acceptors (Lipinski definition) is 0. The molecule has 2 aromatic carbocycles. The molecule has 2 rings (SSSR count). The van der Waals surface area contributed by atoms with Gasteiger partial charge in [-0.3, -0.25) is 0 Å². The molecule has 0 N–H and O–H groups in total. The van der Waals surface area contributed by atoms with Crippen LogP contribution in [-0.2, 0) is 0 Å². The van der Waals surface area contributed by atoms with Gasteiger partial charge in [-0.15, -0.1) is 11.6 Å². The number of halogens is 4. The maximum Gasteiger partial charge on any atom is 0.127 e. The van der Waals surface area contributed by atoms with Gasteiger partial charge >= 0.3 is 0 Å². The normalized spacial score (nSPS) is 12.5. The summed E-state index contributed by atoms with van der Waals surface area (Å²) in [5.41, 5.74) is 3.45. The lowest BCUT2D eigenvalue weighted by molar-refractivity contribution is 0.618. The molecule has 100 valence electrons. The van der Waals surface area contributed by atoms with E-state index < -0.39 is 0 Å². The molecule has 19 heavy (non-hydrogen) atoms. The predicted octanol–water partition coefficient (Wildman–Crippen LogP) is 6.03. The molecule has 0 radical (unpaired) electrons. The zero-order chi connectivity index (χ0) is 14.2. The minimum absolute atomic E-state index is 0.309. The second-order valence-electron chi connectivity index (χ2n) is 4.46. The summed E-state index contributed by atoms with van der Waals surface area (Å²) in [6, 6.07) is 9.01. The summed E-state index contributed by atoms with van der Waals surface area (Å²) in [6.45, 7) is 3.74. The van der Waals surface area contributed by atoms with Gasteiger partial charge in [-0.05, 0) is 70.8 Å². The Morgan fingerprint density at radius 2 is 1.79 bits per heavy atom. The summed E-state index contributed by atoms with van der Waals surface area (Å²) in [6.07, 6.45) is 0. The number of alkyl halides is 1. The van der Waals surface area contributed by atoms with Gasteiger partial charge in [0.25, 0.3) is 0 Å². The van der Waals surface area contributed by atoms with Crippen molar-refractivity contribution in [3.63, 3.8) is 0 Å². The molecule has 0 saturated heterocycles. The fourth-order valence-corrected chi connectivity index (χ4v) is 3.44. The maximum absolute atomic E-state index is 13.4. The van der Waals surface area contributed by atoms with Crippen molar-refractivity contribution in [3.8, 4) is 0 Å². The Bertz CT molecular complexity index is 626. The quantitative estimate of drug-likeness (QED) is 0.420. The number of hydrogen-bond donors (Lipinski definition) is 0. The van der Waals surface area contributed by atoms with Crippen LogP contribution in [0.4, 0.5) is 4.39 Å². The molecule has 0 aliphatic rings. The van der Waals surface area contributed by atoms with Crippen LogP contribution in [0.25, 0.3) is 0 Å². The van der Waals surface area contributed by atoms with Gasteiger partial charge in [-0.25, -0.2) is 4.39 Å². The largest absolute Gasteiger partial charge is 0.207 e. The summed E-state index contributed by atoms with van der Waals surface area (Å²) in [5.74, 6) is -0.309. The van der Waals surface area contributed by atoms with E-state index in [4.69, 9.17) is 23.2 Å². The van der Waals surface area contributed by atoms with Crippen LogP contribution in [-0.4, -0.2) is 0 Å². The van der Waals surface area contributed by atoms with Crippen LogP contribution in [0.1, 0.15) is 27.6 Å². The van der Waals surface area contributed by atoms with E-state index in [-0.39, 0.29) is 11.2 Å². The van der Waals surface area contributed by atoms with Crippen molar-refractivity contribution in [2.24, 2.45) is 0 Å². The first-order chi connectivity index (χ1) is 8.91. The number of aryl methyl sites for hydroxylation is 2. The van der Waals surface area contributed by atoms with Crippen molar-refractivity contribution in [3.05, 3.63) is 67.0 Å². The third kappa shape index (κ3) is 3.06. The molecule has 0 aliphatic heterocycles. The summed E-state index contributed by atoms with van der Waals surface area (Å²) in [4.78, 5) is 0. The molecule has 0 aliphatic carbocycles. The van der Waals surface area contributed by atoms with Crippen molar-refractivity contribution in [2.45, 2.75) is 19.2 Å². The highest BCUT2D eigenvalue weighted by molar-refractivity contribution is 14.1. The van der Waals surface area contributed by atoms with E-state index in [1.807, 2.05) is 25.1 Å². The monoisotopic (exact) mass is 408 g/mol. The average molecular weight is 409 g/mol. The molecule has 4 heteroatoms. The molecule has 2 aromatic rings. The third-order valence-corrected chi connectivity index (χ3v) is 5.32. The van der Waals surface area contributed by atoms with E-state index in [1.54, 1.807) is 13.0 Å². The second-order valence-corrected chi connectivity index (χ2v) is 6.39. The van der Waals surface area contributed by atoms with Crippen molar-refractivity contribution >= 4 is 45.8 Å². The smallest absolute Gasteiger partial charge is 0.127 e. The van der Waals surface area contributed by atoms with Gasteiger partial charge in [-0.2, -0.15) is 0 Å². The van der Waals surface area contributed by atoms with E-state index in [9.17, 15) is 4.39 Å². The lowest BCUT2D eigenvalue weighted by Gasteiger charge is -2.16. The first-order valence-electron chi connectivity index (χ1n) is 5.76.